The average Bonchev–Trinajstić information content (AvgIpc) is 2.69. The number of nitrogens with one attached hydrogen (secondary N) is 1. The highest BCUT2D eigenvalue weighted by Crippen LogP contribution is 2.15. The summed E-state index contributed by atoms with van der Waals surface area (Å²) in [6, 6.07) is 15.3. The summed E-state index contributed by atoms with van der Waals surface area (Å²) < 4.78 is 0. The topological polar surface area (TPSA) is 78.7 Å². The minimum atomic E-state index is -0.541. The summed E-state index contributed by atoms with van der Waals surface area (Å²) in [6.07, 6.45) is 0.394. The lowest BCUT2D eigenvalue weighted by Gasteiger charge is -2.34. The highest BCUT2D eigenvalue weighted by Gasteiger charge is 2.18. The maximum atomic E-state index is 12.3. The third-order valence-electron chi connectivity index (χ3n) is 5.24. The summed E-state index contributed by atoms with van der Waals surface area (Å²) in [5, 5.41) is 2.80. The molecule has 0 spiro atoms. The van der Waals surface area contributed by atoms with Crippen LogP contribution in [0.3, 0.4) is 0 Å². The van der Waals surface area contributed by atoms with Crippen LogP contribution >= 0.6 is 0 Å². The molecular formula is C22H28N4O2. The molecule has 28 heavy (non-hydrogen) atoms. The van der Waals surface area contributed by atoms with Crippen molar-refractivity contribution in [3.8, 4) is 0 Å². The van der Waals surface area contributed by atoms with Crippen molar-refractivity contribution in [1.29, 1.82) is 0 Å². The molecule has 0 aromatic heterocycles. The van der Waals surface area contributed by atoms with Gasteiger partial charge in [-0.15, -0.1) is 0 Å². The number of para-hydroxylation sites is 1. The van der Waals surface area contributed by atoms with Crippen LogP contribution in [0, 0.1) is 6.92 Å². The summed E-state index contributed by atoms with van der Waals surface area (Å²) in [5.74, 6) is -0.642. The molecule has 3 rings (SSSR count). The van der Waals surface area contributed by atoms with Gasteiger partial charge in [-0.2, -0.15) is 0 Å². The Balaban J connectivity index is 1.42. The minimum Gasteiger partial charge on any atom is -0.366 e. The lowest BCUT2D eigenvalue weighted by Crippen LogP contribution is -2.46. The largest absolute Gasteiger partial charge is 0.366 e. The van der Waals surface area contributed by atoms with Gasteiger partial charge in [0.1, 0.15) is 0 Å². The van der Waals surface area contributed by atoms with Gasteiger partial charge in [0.15, 0.2) is 0 Å². The molecule has 0 bridgehead atoms. The number of anilines is 1. The molecule has 2 aromatic carbocycles. The fourth-order valence-electron chi connectivity index (χ4n) is 3.48. The van der Waals surface area contributed by atoms with E-state index in [0.29, 0.717) is 24.2 Å². The van der Waals surface area contributed by atoms with Crippen LogP contribution in [0.1, 0.15) is 27.9 Å². The van der Waals surface area contributed by atoms with E-state index in [-0.39, 0.29) is 5.91 Å². The van der Waals surface area contributed by atoms with Crippen LogP contribution in [0.15, 0.2) is 48.5 Å². The molecule has 6 heteroatoms. The van der Waals surface area contributed by atoms with Crippen LogP contribution in [-0.2, 0) is 11.3 Å². The number of nitrogens with two attached hydrogens (primary N) is 1. The molecular weight excluding hydrogens is 352 g/mol. The van der Waals surface area contributed by atoms with Crippen LogP contribution in [0.5, 0.6) is 0 Å². The predicted octanol–water partition coefficient (Wildman–Crippen LogP) is 2.24. The standard InChI is InChI=1S/C22H28N4O2/c1-17-6-2-3-7-18(17)16-26-14-12-25(13-15-26)11-10-21(27)24-20-9-5-4-8-19(20)22(23)28/h2-9H,10-16H2,1H3,(H2,23,28)(H,24,27). The maximum absolute atomic E-state index is 12.3. The molecule has 0 radical (unpaired) electrons. The second-order valence-electron chi connectivity index (χ2n) is 7.25. The molecule has 1 aliphatic rings. The summed E-state index contributed by atoms with van der Waals surface area (Å²) in [4.78, 5) is 28.5. The number of rotatable bonds is 7. The van der Waals surface area contributed by atoms with Crippen LogP contribution < -0.4 is 11.1 Å². The van der Waals surface area contributed by atoms with E-state index in [4.69, 9.17) is 5.73 Å². The highest BCUT2D eigenvalue weighted by molar-refractivity contribution is 6.02. The van der Waals surface area contributed by atoms with E-state index in [1.165, 1.54) is 11.1 Å². The van der Waals surface area contributed by atoms with Gasteiger partial charge in [0.25, 0.3) is 5.91 Å². The Morgan fingerprint density at radius 3 is 2.32 bits per heavy atom. The van der Waals surface area contributed by atoms with Crippen LogP contribution in [0.25, 0.3) is 0 Å². The average molecular weight is 380 g/mol. The first-order chi connectivity index (χ1) is 13.5. The summed E-state index contributed by atoms with van der Waals surface area (Å²) >= 11 is 0. The van der Waals surface area contributed by atoms with Gasteiger partial charge in [-0.3, -0.25) is 14.5 Å². The second kappa shape index (κ2) is 9.48. The Labute approximate surface area is 166 Å². The minimum absolute atomic E-state index is 0.101. The zero-order valence-corrected chi connectivity index (χ0v) is 16.4. The van der Waals surface area contributed by atoms with Crippen molar-refractivity contribution in [2.45, 2.75) is 19.9 Å². The number of hydrogen-bond donors (Lipinski definition) is 2. The molecule has 1 fully saturated rings. The first-order valence-corrected chi connectivity index (χ1v) is 9.71. The van der Waals surface area contributed by atoms with E-state index in [1.54, 1.807) is 24.3 Å². The van der Waals surface area contributed by atoms with Gasteiger partial charge < -0.3 is 16.0 Å². The van der Waals surface area contributed by atoms with Crippen molar-refractivity contribution >= 4 is 17.5 Å². The molecule has 2 amide bonds. The van der Waals surface area contributed by atoms with E-state index in [0.717, 1.165) is 32.7 Å². The first-order valence-electron chi connectivity index (χ1n) is 9.71. The Bertz CT molecular complexity index is 829. The zero-order chi connectivity index (χ0) is 19.9. The lowest BCUT2D eigenvalue weighted by atomic mass is 10.1. The molecule has 1 heterocycles. The molecule has 1 aliphatic heterocycles. The quantitative estimate of drug-likeness (QED) is 0.772. The normalized spacial score (nSPS) is 15.3. The van der Waals surface area contributed by atoms with Gasteiger partial charge in [0.05, 0.1) is 11.3 Å². The van der Waals surface area contributed by atoms with Crippen molar-refractivity contribution < 1.29 is 9.59 Å². The van der Waals surface area contributed by atoms with Crippen molar-refractivity contribution in [3.63, 3.8) is 0 Å². The molecule has 6 nitrogen and oxygen atoms in total. The summed E-state index contributed by atoms with van der Waals surface area (Å²) in [6.45, 7) is 7.75. The SMILES string of the molecule is Cc1ccccc1CN1CCN(CCC(=O)Nc2ccccc2C(N)=O)CC1. The van der Waals surface area contributed by atoms with Gasteiger partial charge in [-0.05, 0) is 30.2 Å². The lowest BCUT2D eigenvalue weighted by molar-refractivity contribution is -0.116. The number of aryl methyl sites for hydroxylation is 1. The first kappa shape index (κ1) is 20.0. The van der Waals surface area contributed by atoms with Gasteiger partial charge in [0, 0.05) is 45.7 Å². The zero-order valence-electron chi connectivity index (χ0n) is 16.4. The molecule has 3 N–H and O–H groups in total. The molecule has 148 valence electrons. The van der Waals surface area contributed by atoms with E-state index < -0.39 is 5.91 Å². The number of primary amides is 1. The number of carbonyl (C=O) groups excluding carboxylic acids is 2. The van der Waals surface area contributed by atoms with E-state index in [9.17, 15) is 9.59 Å². The number of nitrogens with zero attached hydrogens (tertiary/aromatic N) is 2. The Kier molecular flexibility index (Phi) is 6.79. The number of amides is 2. The van der Waals surface area contributed by atoms with Gasteiger partial charge in [0.2, 0.25) is 5.91 Å². The Morgan fingerprint density at radius 2 is 1.61 bits per heavy atom. The predicted molar refractivity (Wildman–Crippen MR) is 111 cm³/mol. The van der Waals surface area contributed by atoms with Crippen molar-refractivity contribution in [1.82, 2.24) is 9.80 Å². The molecule has 0 unspecified atom stereocenters. The van der Waals surface area contributed by atoms with Gasteiger partial charge in [-0.25, -0.2) is 0 Å². The summed E-state index contributed by atoms with van der Waals surface area (Å²) in [7, 11) is 0. The van der Waals surface area contributed by atoms with Gasteiger partial charge in [-0.1, -0.05) is 36.4 Å². The fourth-order valence-corrected chi connectivity index (χ4v) is 3.48. The van der Waals surface area contributed by atoms with Crippen molar-refractivity contribution in [2.75, 3.05) is 38.0 Å². The summed E-state index contributed by atoms with van der Waals surface area (Å²) in [5.41, 5.74) is 8.87. The Hall–Kier alpha value is -2.70. The van der Waals surface area contributed by atoms with E-state index in [1.807, 2.05) is 0 Å². The van der Waals surface area contributed by atoms with Crippen LogP contribution in [0.4, 0.5) is 5.69 Å². The monoisotopic (exact) mass is 380 g/mol. The number of benzene rings is 2. The molecule has 0 atom stereocenters. The smallest absolute Gasteiger partial charge is 0.250 e. The number of piperazine rings is 1. The third kappa shape index (κ3) is 5.41. The van der Waals surface area contributed by atoms with E-state index in [2.05, 4.69) is 46.3 Å². The maximum Gasteiger partial charge on any atom is 0.250 e. The second-order valence-corrected chi connectivity index (χ2v) is 7.25. The molecule has 0 aliphatic carbocycles. The molecule has 1 saturated heterocycles. The van der Waals surface area contributed by atoms with Crippen molar-refractivity contribution in [3.05, 3.63) is 65.2 Å². The van der Waals surface area contributed by atoms with Crippen LogP contribution in [-0.4, -0.2) is 54.3 Å². The molecule has 0 saturated carbocycles. The van der Waals surface area contributed by atoms with Crippen molar-refractivity contribution in [2.24, 2.45) is 5.73 Å². The van der Waals surface area contributed by atoms with E-state index >= 15 is 0 Å². The fraction of sp³-hybridized carbons (Fsp3) is 0.364. The highest BCUT2D eigenvalue weighted by atomic mass is 16.2. The number of carbonyl (C=O) groups is 2. The Morgan fingerprint density at radius 1 is 0.964 bits per heavy atom. The van der Waals surface area contributed by atoms with Gasteiger partial charge >= 0.3 is 0 Å². The van der Waals surface area contributed by atoms with Crippen LogP contribution in [0.2, 0.25) is 0 Å². The third-order valence-corrected chi connectivity index (χ3v) is 5.24. The molecule has 2 aromatic rings. The number of hydrogen-bond acceptors (Lipinski definition) is 4.